The number of benzene rings is 2. The summed E-state index contributed by atoms with van der Waals surface area (Å²) in [6.07, 6.45) is 0. The maximum atomic E-state index is 11.9. The van der Waals surface area contributed by atoms with Crippen LogP contribution in [0.1, 0.15) is 11.1 Å². The summed E-state index contributed by atoms with van der Waals surface area (Å²) in [4.78, 5) is 11.7. The van der Waals surface area contributed by atoms with Crippen LogP contribution in [-0.4, -0.2) is 20.9 Å². The summed E-state index contributed by atoms with van der Waals surface area (Å²) in [5.41, 5.74) is 1.97. The van der Waals surface area contributed by atoms with Gasteiger partial charge in [0.2, 0.25) is 10.0 Å². The number of carbonyl (C=O) groups is 1. The number of esters is 1. The monoisotopic (exact) mass is 319 g/mol. The molecule has 2 aromatic rings. The third-order valence-electron chi connectivity index (χ3n) is 2.98. The molecule has 1 N–H and O–H groups in total. The second-order valence-corrected chi connectivity index (χ2v) is 6.55. The molecule has 5 nitrogen and oxygen atoms in total. The van der Waals surface area contributed by atoms with E-state index in [0.717, 1.165) is 11.1 Å². The van der Waals surface area contributed by atoms with E-state index in [-0.39, 0.29) is 11.5 Å². The minimum absolute atomic E-state index is 0.112. The summed E-state index contributed by atoms with van der Waals surface area (Å²) in [7, 11) is -3.69. The van der Waals surface area contributed by atoms with Crippen molar-refractivity contribution in [2.45, 2.75) is 18.4 Å². The van der Waals surface area contributed by atoms with Crippen LogP contribution in [0.5, 0.6) is 0 Å². The molecular weight excluding hydrogens is 302 g/mol. The van der Waals surface area contributed by atoms with Crippen molar-refractivity contribution >= 4 is 16.0 Å². The van der Waals surface area contributed by atoms with E-state index in [0.29, 0.717) is 0 Å². The van der Waals surface area contributed by atoms with Gasteiger partial charge >= 0.3 is 5.97 Å². The van der Waals surface area contributed by atoms with E-state index in [9.17, 15) is 13.2 Å². The molecule has 2 aromatic carbocycles. The topological polar surface area (TPSA) is 72.5 Å². The Morgan fingerprint density at radius 2 is 1.68 bits per heavy atom. The van der Waals surface area contributed by atoms with Crippen molar-refractivity contribution in [3.8, 4) is 0 Å². The first-order chi connectivity index (χ1) is 10.5. The normalized spacial score (nSPS) is 11.1. The van der Waals surface area contributed by atoms with Crippen molar-refractivity contribution in [3.63, 3.8) is 0 Å². The molecule has 116 valence electrons. The lowest BCUT2D eigenvalue weighted by Crippen LogP contribution is -2.30. The molecule has 0 unspecified atom stereocenters. The summed E-state index contributed by atoms with van der Waals surface area (Å²) in [5, 5.41) is 0. The van der Waals surface area contributed by atoms with E-state index in [4.69, 9.17) is 4.74 Å². The zero-order valence-electron chi connectivity index (χ0n) is 12.2. The Balaban J connectivity index is 1.84. The minimum Gasteiger partial charge on any atom is -0.460 e. The van der Waals surface area contributed by atoms with Crippen LogP contribution < -0.4 is 4.72 Å². The van der Waals surface area contributed by atoms with Gasteiger partial charge in [0.1, 0.15) is 13.2 Å². The fraction of sp³-hybridized carbons (Fsp3) is 0.188. The van der Waals surface area contributed by atoms with Crippen molar-refractivity contribution in [1.82, 2.24) is 4.72 Å². The van der Waals surface area contributed by atoms with Crippen LogP contribution in [0.4, 0.5) is 0 Å². The van der Waals surface area contributed by atoms with E-state index < -0.39 is 22.5 Å². The molecule has 0 aromatic heterocycles. The Kier molecular flexibility index (Phi) is 5.30. The lowest BCUT2D eigenvalue weighted by atomic mass is 10.2. The average molecular weight is 319 g/mol. The molecule has 0 saturated carbocycles. The number of carbonyl (C=O) groups excluding carboxylic acids is 1. The van der Waals surface area contributed by atoms with Gasteiger partial charge in [-0.1, -0.05) is 48.0 Å². The molecule has 0 radical (unpaired) electrons. The number of ether oxygens (including phenoxy) is 1. The Labute approximate surface area is 130 Å². The molecule has 0 aliphatic rings. The zero-order valence-corrected chi connectivity index (χ0v) is 13.0. The van der Waals surface area contributed by atoms with Crippen LogP contribution >= 0.6 is 0 Å². The number of hydrogen-bond donors (Lipinski definition) is 1. The van der Waals surface area contributed by atoms with Crippen molar-refractivity contribution in [2.24, 2.45) is 0 Å². The second kappa shape index (κ2) is 7.20. The van der Waals surface area contributed by atoms with Gasteiger partial charge in [-0.3, -0.25) is 4.79 Å². The molecule has 6 heteroatoms. The first-order valence-electron chi connectivity index (χ1n) is 6.73. The van der Waals surface area contributed by atoms with Crippen molar-refractivity contribution in [3.05, 3.63) is 65.7 Å². The number of nitrogens with one attached hydrogen (secondary N) is 1. The van der Waals surface area contributed by atoms with Crippen LogP contribution in [0, 0.1) is 6.92 Å². The number of hydrogen-bond acceptors (Lipinski definition) is 4. The molecule has 2 rings (SSSR count). The fourth-order valence-electron chi connectivity index (χ4n) is 1.74. The van der Waals surface area contributed by atoms with E-state index in [1.54, 1.807) is 18.2 Å². The number of aryl methyl sites for hydroxylation is 1. The lowest BCUT2D eigenvalue weighted by Gasteiger charge is -2.07. The molecule has 0 spiro atoms. The smallest absolute Gasteiger partial charge is 0.321 e. The van der Waals surface area contributed by atoms with Crippen molar-refractivity contribution < 1.29 is 17.9 Å². The maximum Gasteiger partial charge on any atom is 0.321 e. The van der Waals surface area contributed by atoms with Crippen molar-refractivity contribution in [1.29, 1.82) is 0 Å². The Morgan fingerprint density at radius 1 is 1.05 bits per heavy atom. The third-order valence-corrected chi connectivity index (χ3v) is 4.40. The van der Waals surface area contributed by atoms with E-state index in [2.05, 4.69) is 4.72 Å². The molecule has 0 fully saturated rings. The molecule has 0 atom stereocenters. The van der Waals surface area contributed by atoms with Gasteiger partial charge in [-0.05, 0) is 24.6 Å². The molecule has 0 heterocycles. The van der Waals surface area contributed by atoms with Gasteiger partial charge in [0.25, 0.3) is 0 Å². The minimum atomic E-state index is -3.69. The highest BCUT2D eigenvalue weighted by atomic mass is 32.2. The van der Waals surface area contributed by atoms with Crippen molar-refractivity contribution in [2.75, 3.05) is 6.54 Å². The Morgan fingerprint density at radius 3 is 2.32 bits per heavy atom. The summed E-state index contributed by atoms with van der Waals surface area (Å²) in [6.45, 7) is 1.68. The molecule has 0 amide bonds. The molecule has 0 bridgehead atoms. The highest BCUT2D eigenvalue weighted by molar-refractivity contribution is 7.89. The van der Waals surface area contributed by atoms with Crippen LogP contribution in [0.15, 0.2) is 59.5 Å². The molecule has 22 heavy (non-hydrogen) atoms. The van der Waals surface area contributed by atoms with E-state index >= 15 is 0 Å². The van der Waals surface area contributed by atoms with Gasteiger partial charge in [-0.25, -0.2) is 8.42 Å². The lowest BCUT2D eigenvalue weighted by molar-refractivity contribution is -0.143. The Bertz CT molecular complexity index is 725. The summed E-state index contributed by atoms with van der Waals surface area (Å²) in [5.74, 6) is -0.625. The van der Waals surface area contributed by atoms with Gasteiger partial charge in [-0.15, -0.1) is 0 Å². The van der Waals surface area contributed by atoms with E-state index in [1.165, 1.54) is 12.1 Å². The SMILES string of the molecule is Cc1ccc(COC(=O)CNS(=O)(=O)c2ccccc2)cc1. The predicted octanol–water partition coefficient (Wildman–Crippen LogP) is 2.02. The zero-order chi connectivity index (χ0) is 16.0. The van der Waals surface area contributed by atoms with Crippen LogP contribution in [0.3, 0.4) is 0 Å². The average Bonchev–Trinajstić information content (AvgIpc) is 2.53. The standard InChI is InChI=1S/C16H17NO4S/c1-13-7-9-14(10-8-13)12-21-16(18)11-17-22(19,20)15-5-3-2-4-6-15/h2-10,17H,11-12H2,1H3. The largest absolute Gasteiger partial charge is 0.460 e. The second-order valence-electron chi connectivity index (χ2n) is 4.78. The van der Waals surface area contributed by atoms with Gasteiger partial charge in [0.15, 0.2) is 0 Å². The maximum absolute atomic E-state index is 11.9. The highest BCUT2D eigenvalue weighted by Gasteiger charge is 2.15. The summed E-state index contributed by atoms with van der Waals surface area (Å²) >= 11 is 0. The first kappa shape index (κ1) is 16.2. The summed E-state index contributed by atoms with van der Waals surface area (Å²) in [6, 6.07) is 15.4. The Hall–Kier alpha value is -2.18. The van der Waals surface area contributed by atoms with Gasteiger partial charge in [0.05, 0.1) is 4.90 Å². The molecular formula is C16H17NO4S. The number of sulfonamides is 1. The molecule has 0 aliphatic carbocycles. The fourth-order valence-corrected chi connectivity index (χ4v) is 2.73. The third kappa shape index (κ3) is 4.68. The van der Waals surface area contributed by atoms with E-state index in [1.807, 2.05) is 31.2 Å². The highest BCUT2D eigenvalue weighted by Crippen LogP contribution is 2.07. The van der Waals surface area contributed by atoms with Gasteiger partial charge in [0, 0.05) is 0 Å². The van der Waals surface area contributed by atoms with Crippen LogP contribution in [-0.2, 0) is 26.2 Å². The quantitative estimate of drug-likeness (QED) is 0.827. The summed E-state index contributed by atoms with van der Waals surface area (Å²) < 4.78 is 31.1. The first-order valence-corrected chi connectivity index (χ1v) is 8.21. The molecule has 0 aliphatic heterocycles. The predicted molar refractivity (Wildman–Crippen MR) is 82.6 cm³/mol. The molecule has 0 saturated heterocycles. The van der Waals surface area contributed by atoms with Crippen LogP contribution in [0.2, 0.25) is 0 Å². The van der Waals surface area contributed by atoms with Crippen LogP contribution in [0.25, 0.3) is 0 Å². The van der Waals surface area contributed by atoms with Gasteiger partial charge in [-0.2, -0.15) is 4.72 Å². The van der Waals surface area contributed by atoms with Gasteiger partial charge < -0.3 is 4.74 Å². The number of rotatable bonds is 6.